The lowest BCUT2D eigenvalue weighted by Crippen LogP contribution is -2.65. The van der Waals surface area contributed by atoms with Gasteiger partial charge < -0.3 is 9.84 Å². The molecule has 4 amide bonds. The normalized spacial score (nSPS) is 21.8. The molecule has 1 saturated heterocycles. The smallest absolute Gasteiger partial charge is 0.330 e. The number of hydrogen-bond acceptors (Lipinski definition) is 5. The molecule has 1 aliphatic rings. The number of imide groups is 2. The number of hydrogen-bond donors (Lipinski definition) is 2. The van der Waals surface area contributed by atoms with Crippen molar-refractivity contribution in [2.24, 2.45) is 0 Å². The molecule has 2 N–H and O–H groups in total. The van der Waals surface area contributed by atoms with Crippen LogP contribution in [-0.2, 0) is 15.0 Å². The van der Waals surface area contributed by atoms with Crippen LogP contribution in [0.4, 0.5) is 4.79 Å². The molecule has 0 spiro atoms. The van der Waals surface area contributed by atoms with E-state index in [0.29, 0.717) is 5.56 Å². The summed E-state index contributed by atoms with van der Waals surface area (Å²) >= 11 is 0. The average molecular weight is 306 g/mol. The van der Waals surface area contributed by atoms with Gasteiger partial charge in [0.25, 0.3) is 5.91 Å². The Bertz CT molecular complexity index is 643. The van der Waals surface area contributed by atoms with Gasteiger partial charge in [0.05, 0.1) is 7.11 Å². The fraction of sp³-hybridized carbons (Fsp3) is 0.400. The maximum atomic E-state index is 12.8. The summed E-state index contributed by atoms with van der Waals surface area (Å²) in [5.74, 6) is -1.17. The molecule has 0 bridgehead atoms. The largest absolute Gasteiger partial charge is 0.504 e. The van der Waals surface area contributed by atoms with Crippen molar-refractivity contribution in [1.29, 1.82) is 0 Å². The quantitative estimate of drug-likeness (QED) is 0.813. The van der Waals surface area contributed by atoms with Crippen LogP contribution in [0.15, 0.2) is 18.2 Å². The van der Waals surface area contributed by atoms with Gasteiger partial charge in [0.15, 0.2) is 16.9 Å². The highest BCUT2D eigenvalue weighted by Gasteiger charge is 2.53. The summed E-state index contributed by atoms with van der Waals surface area (Å²) in [4.78, 5) is 38.0. The second-order valence-corrected chi connectivity index (χ2v) is 4.95. The van der Waals surface area contributed by atoms with E-state index < -0.39 is 23.3 Å². The number of rotatable bonds is 4. The number of aromatic hydroxyl groups is 1. The molecule has 7 nitrogen and oxygen atoms in total. The van der Waals surface area contributed by atoms with Crippen molar-refractivity contribution >= 4 is 17.8 Å². The number of amides is 4. The average Bonchev–Trinajstić information content (AvgIpc) is 2.49. The molecule has 1 aromatic carbocycles. The van der Waals surface area contributed by atoms with Crippen molar-refractivity contribution in [2.75, 3.05) is 13.7 Å². The molecular formula is C15H18N2O5. The summed E-state index contributed by atoms with van der Waals surface area (Å²) in [6.45, 7) is 3.51. The molecule has 1 heterocycles. The van der Waals surface area contributed by atoms with E-state index in [2.05, 4.69) is 5.32 Å². The van der Waals surface area contributed by atoms with Gasteiger partial charge in [0, 0.05) is 6.54 Å². The van der Waals surface area contributed by atoms with Crippen LogP contribution in [0.3, 0.4) is 0 Å². The molecule has 1 fully saturated rings. The number of ether oxygens (including phenoxy) is 1. The van der Waals surface area contributed by atoms with Crippen LogP contribution in [0, 0.1) is 0 Å². The number of phenols is 1. The van der Waals surface area contributed by atoms with E-state index >= 15 is 0 Å². The number of barbiturate groups is 1. The molecule has 1 aromatic rings. The van der Waals surface area contributed by atoms with E-state index in [1.165, 1.54) is 25.3 Å². The number of benzene rings is 1. The Hall–Kier alpha value is -2.57. The summed E-state index contributed by atoms with van der Waals surface area (Å²) in [6, 6.07) is 3.58. The molecule has 1 atom stereocenters. The highest BCUT2D eigenvalue weighted by Crippen LogP contribution is 2.37. The molecule has 7 heteroatoms. The Kier molecular flexibility index (Phi) is 4.07. The van der Waals surface area contributed by atoms with E-state index in [1.54, 1.807) is 13.8 Å². The molecular weight excluding hydrogens is 288 g/mol. The lowest BCUT2D eigenvalue weighted by atomic mass is 9.74. The minimum absolute atomic E-state index is 0.0930. The first kappa shape index (κ1) is 15.8. The van der Waals surface area contributed by atoms with E-state index in [9.17, 15) is 19.5 Å². The monoisotopic (exact) mass is 306 g/mol. The van der Waals surface area contributed by atoms with Crippen LogP contribution in [0.1, 0.15) is 25.8 Å². The zero-order valence-electron chi connectivity index (χ0n) is 12.7. The molecule has 0 saturated carbocycles. The summed E-state index contributed by atoms with van der Waals surface area (Å²) < 4.78 is 5.04. The van der Waals surface area contributed by atoms with Crippen molar-refractivity contribution in [1.82, 2.24) is 10.2 Å². The van der Waals surface area contributed by atoms with Crippen molar-refractivity contribution < 1.29 is 24.2 Å². The minimum Gasteiger partial charge on any atom is -0.504 e. The highest BCUT2D eigenvalue weighted by atomic mass is 16.5. The molecule has 0 aliphatic carbocycles. The predicted octanol–water partition coefficient (Wildman–Crippen LogP) is 1.15. The van der Waals surface area contributed by atoms with Gasteiger partial charge in [-0.1, -0.05) is 13.0 Å². The van der Waals surface area contributed by atoms with Crippen LogP contribution >= 0.6 is 0 Å². The number of carbonyl (C=O) groups excluding carboxylic acids is 3. The fourth-order valence-electron chi connectivity index (χ4n) is 2.69. The lowest BCUT2D eigenvalue weighted by Gasteiger charge is -2.38. The maximum absolute atomic E-state index is 12.8. The highest BCUT2D eigenvalue weighted by molar-refractivity contribution is 6.22. The predicted molar refractivity (Wildman–Crippen MR) is 77.6 cm³/mol. The fourth-order valence-corrected chi connectivity index (χ4v) is 2.69. The van der Waals surface area contributed by atoms with E-state index in [1.807, 2.05) is 0 Å². The number of nitrogens with one attached hydrogen (secondary N) is 1. The van der Waals surface area contributed by atoms with Crippen molar-refractivity contribution in [3.05, 3.63) is 23.8 Å². The van der Waals surface area contributed by atoms with Gasteiger partial charge in [-0.25, -0.2) is 4.79 Å². The number of phenolic OH excluding ortho intramolecular Hbond substituents is 1. The minimum atomic E-state index is -1.51. The van der Waals surface area contributed by atoms with Crippen LogP contribution in [0.2, 0.25) is 0 Å². The van der Waals surface area contributed by atoms with Gasteiger partial charge in [-0.05, 0) is 31.0 Å². The zero-order valence-corrected chi connectivity index (χ0v) is 12.7. The summed E-state index contributed by atoms with van der Waals surface area (Å²) in [7, 11) is 1.38. The summed E-state index contributed by atoms with van der Waals surface area (Å²) in [5.41, 5.74) is -1.14. The van der Waals surface area contributed by atoms with Crippen LogP contribution < -0.4 is 10.1 Å². The number of carbonyl (C=O) groups is 3. The number of likely N-dealkylation sites (N-methyl/N-ethyl adjacent to an activating group) is 1. The number of methoxy groups -OCH3 is 1. The van der Waals surface area contributed by atoms with Gasteiger partial charge in [-0.3, -0.25) is 19.8 Å². The third-order valence-corrected chi connectivity index (χ3v) is 3.98. The van der Waals surface area contributed by atoms with Crippen LogP contribution in [0.25, 0.3) is 0 Å². The molecule has 0 aromatic heterocycles. The van der Waals surface area contributed by atoms with Crippen LogP contribution in [0.5, 0.6) is 11.5 Å². The first-order valence-electron chi connectivity index (χ1n) is 6.97. The van der Waals surface area contributed by atoms with E-state index in [0.717, 1.165) is 4.90 Å². The maximum Gasteiger partial charge on any atom is 0.330 e. The topological polar surface area (TPSA) is 95.9 Å². The Morgan fingerprint density at radius 1 is 1.27 bits per heavy atom. The van der Waals surface area contributed by atoms with E-state index in [-0.39, 0.29) is 24.5 Å². The molecule has 0 radical (unpaired) electrons. The van der Waals surface area contributed by atoms with Crippen molar-refractivity contribution in [3.63, 3.8) is 0 Å². The second kappa shape index (κ2) is 5.67. The molecule has 22 heavy (non-hydrogen) atoms. The molecule has 118 valence electrons. The zero-order chi connectivity index (χ0) is 16.5. The standard InChI is InChI=1S/C15H18N2O5/c1-4-15(9-6-7-10(18)11(8-9)22-3)12(19)16-14(21)17(5-2)13(15)20/h6-8,18H,4-5H2,1-3H3,(H,16,19,21). The molecule has 1 aliphatic heterocycles. The summed E-state index contributed by atoms with van der Waals surface area (Å²) in [6.07, 6.45) is 0.176. The van der Waals surface area contributed by atoms with E-state index in [4.69, 9.17) is 4.74 Å². The van der Waals surface area contributed by atoms with Gasteiger partial charge >= 0.3 is 6.03 Å². The first-order valence-corrected chi connectivity index (χ1v) is 6.97. The van der Waals surface area contributed by atoms with Gasteiger partial charge in [-0.2, -0.15) is 0 Å². The SMILES string of the molecule is CCN1C(=O)NC(=O)C(CC)(c2ccc(O)c(OC)c2)C1=O. The van der Waals surface area contributed by atoms with Crippen molar-refractivity contribution in [2.45, 2.75) is 25.7 Å². The van der Waals surface area contributed by atoms with Gasteiger partial charge in [-0.15, -0.1) is 0 Å². The van der Waals surface area contributed by atoms with Gasteiger partial charge in [0.2, 0.25) is 5.91 Å². The molecule has 2 rings (SSSR count). The Balaban J connectivity index is 2.62. The Morgan fingerprint density at radius 2 is 1.95 bits per heavy atom. The Labute approximate surface area is 127 Å². The summed E-state index contributed by atoms with van der Waals surface area (Å²) in [5, 5.41) is 11.9. The Morgan fingerprint density at radius 3 is 2.50 bits per heavy atom. The molecule has 1 unspecified atom stereocenters. The number of nitrogens with zero attached hydrogens (tertiary/aromatic N) is 1. The number of urea groups is 1. The third kappa shape index (κ3) is 2.09. The lowest BCUT2D eigenvalue weighted by molar-refractivity contribution is -0.145. The van der Waals surface area contributed by atoms with Gasteiger partial charge in [0.1, 0.15) is 0 Å². The van der Waals surface area contributed by atoms with Crippen LogP contribution in [-0.4, -0.2) is 41.5 Å². The van der Waals surface area contributed by atoms with Crippen molar-refractivity contribution in [3.8, 4) is 11.5 Å². The third-order valence-electron chi connectivity index (χ3n) is 3.98. The second-order valence-electron chi connectivity index (χ2n) is 4.95. The first-order chi connectivity index (χ1) is 10.4.